The Morgan fingerprint density at radius 3 is 1.03 bits per heavy atom. The molecule has 12 aromatic heterocycles. The summed E-state index contributed by atoms with van der Waals surface area (Å²) in [5.74, 6) is 0. The summed E-state index contributed by atoms with van der Waals surface area (Å²) in [4.78, 5) is 28.1. The standard InChI is InChI=1S/C46H24ClN3S2.2C38H20ClN3S2/c47-46-48-41(45-42(49-46)33-18-8-10-20-37(33)52-45)31-22-24-34(28-14-4-3-13-27(28)31)50-35-23-21-25-11-1-2-12-26(25)39(35)40-30-16-6-5-15-29(30)38-32-17-7-9-19-36(32)51-44(38)43(40)50;39-38-40-33(37-34(41-38)27-16-5-8-19-30(27)44-37)21-10-9-11-22(20-21)42-28-17-6-3-14-25(28)31-23-12-1-2-13-24(23)32-26-15-4-7-18-29(26)43-36(32)35(31)42;39-38-40-33(37-34(41-38)27-13-5-8-16-30(27)44-37)21-17-19-22(20-18-21)42-28-14-6-3-11-25(28)31-23-9-1-2-10-24(23)32-26-12-4-7-15-29(26)43-36(32)35(31)42/h1-24H;2*1-20H/i;;17D,18D,19D,20D. The summed E-state index contributed by atoms with van der Waals surface area (Å²) in [6, 6.07) is 128. The SMILES string of the molecule is Clc1nc(-c2ccc(-n3c4ccc5ccccc5c4c4c5ccccc5c5c6ccccc6sc5c43)c3ccccc23)c2sc3ccccc3c2n1.Clc1nc(-c2cccc(-n3c4ccccc4c4c5ccccc5c5c6ccccc6sc5c43)c2)c2sc3ccccc3c2n1.[2H]c1c([2H])c(-n2c3ccccc3c3c4ccccc4c4c5ccccc5sc4c32)c([2H])c([2H])c1-c1nc(Cl)nc2c1sc1ccccc12. The number of halogens is 3. The first-order valence-corrected chi connectivity index (χ1v) is 51.9. The minimum absolute atomic E-state index is 0.0107. The van der Waals surface area contributed by atoms with E-state index in [9.17, 15) is 5.48 Å². The van der Waals surface area contributed by atoms with Crippen molar-refractivity contribution in [1.29, 1.82) is 0 Å². The highest BCUT2D eigenvalue weighted by atomic mass is 35.5. The average molecular weight is 1960 g/mol. The second-order valence-electron chi connectivity index (χ2n) is 35.2. The van der Waals surface area contributed by atoms with Gasteiger partial charge in [-0.25, -0.2) is 29.9 Å². The highest BCUT2D eigenvalue weighted by molar-refractivity contribution is 7.29. The predicted octanol–water partition coefficient (Wildman–Crippen LogP) is 37.7. The van der Waals surface area contributed by atoms with Crippen molar-refractivity contribution in [2.75, 3.05) is 0 Å². The van der Waals surface area contributed by atoms with Crippen molar-refractivity contribution in [3.63, 3.8) is 0 Å². The molecule has 9 nitrogen and oxygen atoms in total. The first kappa shape index (κ1) is 76.6. The van der Waals surface area contributed by atoms with E-state index in [0.717, 1.165) is 139 Å². The molecule has 654 valence electrons. The number of hydrogen-bond donors (Lipinski definition) is 0. The molecule has 0 amide bonds. The van der Waals surface area contributed by atoms with Crippen LogP contribution in [0.15, 0.2) is 388 Å². The zero-order valence-electron chi connectivity index (χ0n) is 77.2. The summed E-state index contributed by atoms with van der Waals surface area (Å²) in [7, 11) is 0. The molecule has 0 fully saturated rings. The van der Waals surface area contributed by atoms with Gasteiger partial charge < -0.3 is 13.7 Å². The minimum atomic E-state index is -0.182. The normalized spacial score (nSPS) is 12.7. The van der Waals surface area contributed by atoms with E-state index in [1.807, 2.05) is 87.9 Å². The Labute approximate surface area is 840 Å². The number of rotatable bonds is 6. The van der Waals surface area contributed by atoms with E-state index >= 15 is 0 Å². The Kier molecular flexibility index (Phi) is 17.1. The topological polar surface area (TPSA) is 92.1 Å². The van der Waals surface area contributed by atoms with Gasteiger partial charge in [-0.2, -0.15) is 0 Å². The highest BCUT2D eigenvalue weighted by Gasteiger charge is 2.30. The third kappa shape index (κ3) is 11.9. The zero-order valence-corrected chi connectivity index (χ0v) is 80.4. The van der Waals surface area contributed by atoms with Crippen molar-refractivity contribution in [3.05, 3.63) is 404 Å². The molecule has 0 bridgehead atoms. The van der Waals surface area contributed by atoms with Gasteiger partial charge in [-0.05, 0) is 168 Å². The van der Waals surface area contributed by atoms with Crippen molar-refractivity contribution < 1.29 is 5.48 Å². The third-order valence-electron chi connectivity index (χ3n) is 27.9. The van der Waals surface area contributed by atoms with E-state index in [0.29, 0.717) is 15.9 Å². The van der Waals surface area contributed by atoms with E-state index in [1.165, 1.54) is 137 Å². The number of benzene rings is 20. The molecule has 0 saturated heterocycles. The number of para-hydroxylation sites is 2. The maximum atomic E-state index is 9.52. The van der Waals surface area contributed by atoms with Gasteiger partial charge in [0.2, 0.25) is 15.9 Å². The van der Waals surface area contributed by atoms with Crippen molar-refractivity contribution in [3.8, 4) is 50.8 Å². The van der Waals surface area contributed by atoms with E-state index in [2.05, 4.69) is 327 Å². The second kappa shape index (κ2) is 31.3. The molecule has 20 aromatic carbocycles. The second-order valence-corrected chi connectivity index (χ2v) is 42.6. The van der Waals surface area contributed by atoms with E-state index in [4.69, 9.17) is 49.8 Å². The zero-order chi connectivity index (χ0) is 95.4. The van der Waals surface area contributed by atoms with Crippen LogP contribution < -0.4 is 0 Å². The van der Waals surface area contributed by atoms with Crippen molar-refractivity contribution in [2.45, 2.75) is 0 Å². The lowest BCUT2D eigenvalue weighted by Gasteiger charge is -2.15. The lowest BCUT2D eigenvalue weighted by atomic mass is 9.97. The molecule has 0 aliphatic heterocycles. The first-order valence-electron chi connectivity index (χ1n) is 47.9. The van der Waals surface area contributed by atoms with Crippen molar-refractivity contribution in [2.24, 2.45) is 0 Å². The fourth-order valence-corrected chi connectivity index (χ4v) is 29.9. The Balaban J connectivity index is 0.000000101. The molecular formula is C122H64Cl3N9S6. The van der Waals surface area contributed by atoms with Gasteiger partial charge in [0.25, 0.3) is 0 Å². The molecule has 32 rings (SSSR count). The fourth-order valence-electron chi connectivity index (χ4n) is 22.2. The molecule has 0 atom stereocenters. The summed E-state index contributed by atoms with van der Waals surface area (Å²) in [6.07, 6.45) is 0. The van der Waals surface area contributed by atoms with Crippen molar-refractivity contribution in [1.82, 2.24) is 43.6 Å². The maximum absolute atomic E-state index is 9.52. The number of hydrogen-bond acceptors (Lipinski definition) is 12. The summed E-state index contributed by atoms with van der Waals surface area (Å²) in [5, 5.41) is 30.4. The van der Waals surface area contributed by atoms with Gasteiger partial charge in [-0.1, -0.05) is 303 Å². The predicted molar refractivity (Wildman–Crippen MR) is 605 cm³/mol. The Hall–Kier alpha value is -15.5. The van der Waals surface area contributed by atoms with Crippen LogP contribution in [0.3, 0.4) is 0 Å². The van der Waals surface area contributed by atoms with E-state index in [1.54, 1.807) is 34.0 Å². The highest BCUT2D eigenvalue weighted by Crippen LogP contribution is 2.55. The van der Waals surface area contributed by atoms with Crippen LogP contribution in [0, 0.1) is 0 Å². The van der Waals surface area contributed by atoms with Gasteiger partial charge in [0.05, 0.1) is 106 Å². The van der Waals surface area contributed by atoms with Gasteiger partial charge in [0.1, 0.15) is 0 Å². The lowest BCUT2D eigenvalue weighted by molar-refractivity contribution is 1.18. The summed E-state index contributed by atoms with van der Waals surface area (Å²) < 4.78 is 58.2. The van der Waals surface area contributed by atoms with Gasteiger partial charge in [0.15, 0.2) is 0 Å². The minimum Gasteiger partial charge on any atom is -0.308 e. The Morgan fingerprint density at radius 2 is 0.557 bits per heavy atom. The molecular weight excluding hydrogens is 1890 g/mol. The third-order valence-corrected chi connectivity index (χ3v) is 35.4. The molecule has 0 aliphatic rings. The van der Waals surface area contributed by atoms with Crippen LogP contribution in [0.2, 0.25) is 15.9 Å². The molecule has 0 N–H and O–H groups in total. The molecule has 18 heteroatoms. The first-order chi connectivity index (χ1) is 70.9. The number of aromatic nitrogens is 9. The van der Waals surface area contributed by atoms with Crippen LogP contribution in [0.25, 0.3) is 292 Å². The lowest BCUT2D eigenvalue weighted by Crippen LogP contribution is -1.98. The van der Waals surface area contributed by atoms with Crippen molar-refractivity contribution >= 4 is 344 Å². The van der Waals surface area contributed by atoms with Gasteiger partial charge in [-0.15, -0.1) is 68.0 Å². The number of fused-ring (bicyclic) bond motifs is 42. The van der Waals surface area contributed by atoms with E-state index < -0.39 is 0 Å². The monoisotopic (exact) mass is 1960 g/mol. The summed E-state index contributed by atoms with van der Waals surface area (Å²) in [5.41, 5.74) is 15.6. The smallest absolute Gasteiger partial charge is 0.223 e. The number of nitrogens with zero attached hydrogens (tertiary/aromatic N) is 9. The Bertz CT molecular complexity index is 11300. The van der Waals surface area contributed by atoms with Crippen LogP contribution in [0.1, 0.15) is 5.48 Å². The average Bonchev–Trinajstić information content (AvgIpc) is 1.53. The van der Waals surface area contributed by atoms with Crippen LogP contribution in [-0.2, 0) is 0 Å². The molecule has 140 heavy (non-hydrogen) atoms. The van der Waals surface area contributed by atoms with Crippen LogP contribution >= 0.6 is 103 Å². The molecule has 0 spiro atoms. The Morgan fingerprint density at radius 1 is 0.214 bits per heavy atom. The quantitative estimate of drug-likeness (QED) is 0.154. The molecule has 12 heterocycles. The van der Waals surface area contributed by atoms with Gasteiger partial charge >= 0.3 is 0 Å². The molecule has 0 radical (unpaired) electrons. The molecule has 0 saturated carbocycles. The molecule has 32 aromatic rings. The molecule has 0 unspecified atom stereocenters. The summed E-state index contributed by atoms with van der Waals surface area (Å²) >= 11 is 30.1. The van der Waals surface area contributed by atoms with Crippen LogP contribution in [0.5, 0.6) is 0 Å². The van der Waals surface area contributed by atoms with Crippen LogP contribution in [0.4, 0.5) is 0 Å². The van der Waals surface area contributed by atoms with Gasteiger partial charge in [-0.3, -0.25) is 0 Å². The summed E-state index contributed by atoms with van der Waals surface area (Å²) in [6.45, 7) is 0. The van der Waals surface area contributed by atoms with Gasteiger partial charge in [0, 0.05) is 142 Å². The number of thiophene rings is 6. The van der Waals surface area contributed by atoms with E-state index in [-0.39, 0.29) is 51.3 Å². The largest absolute Gasteiger partial charge is 0.308 e. The maximum Gasteiger partial charge on any atom is 0.223 e. The fraction of sp³-hybridized carbons (Fsp3) is 0. The molecule has 0 aliphatic carbocycles. The van der Waals surface area contributed by atoms with Crippen LogP contribution in [-0.4, -0.2) is 43.6 Å².